The zero-order valence-corrected chi connectivity index (χ0v) is 24.5. The molecule has 0 spiro atoms. The van der Waals surface area contributed by atoms with E-state index in [9.17, 15) is 0 Å². The maximum Gasteiger partial charge on any atom is 0.450 e. The highest BCUT2D eigenvalue weighted by Gasteiger charge is 2.47. The van der Waals surface area contributed by atoms with E-state index in [4.69, 9.17) is 0 Å². The molecule has 1 radical (unpaired) electrons. The molecule has 0 fully saturated rings. The number of hydrogen-bond donors (Lipinski definition) is 0. The number of rotatable bonds is 7. The second kappa shape index (κ2) is 11.3. The van der Waals surface area contributed by atoms with Gasteiger partial charge in [0.25, 0.3) is 0 Å². The molecule has 42 heavy (non-hydrogen) atoms. The van der Waals surface area contributed by atoms with Gasteiger partial charge >= 0.3 is 9.28 Å². The third-order valence-electron chi connectivity index (χ3n) is 7.63. The molecule has 0 saturated heterocycles. The summed E-state index contributed by atoms with van der Waals surface area (Å²) in [4.78, 5) is 2.29. The van der Waals surface area contributed by atoms with Gasteiger partial charge in [0.2, 0.25) is 0 Å². The van der Waals surface area contributed by atoms with E-state index >= 15 is 0 Å². The van der Waals surface area contributed by atoms with Crippen molar-refractivity contribution in [3.05, 3.63) is 170 Å². The third kappa shape index (κ3) is 4.60. The van der Waals surface area contributed by atoms with Crippen molar-refractivity contribution in [2.45, 2.75) is 0 Å². The first-order valence-electron chi connectivity index (χ1n) is 14.2. The summed E-state index contributed by atoms with van der Waals surface area (Å²) >= 11 is 0. The molecule has 0 bridgehead atoms. The molecule has 0 unspecified atom stereocenters. The van der Waals surface area contributed by atoms with Crippen LogP contribution in [-0.4, -0.2) is 16.3 Å². The van der Waals surface area contributed by atoms with Crippen LogP contribution in [0.2, 0.25) is 0 Å². The number of nitrogens with zero attached hydrogens (tertiary/aromatic N) is 4. The van der Waals surface area contributed by atoms with E-state index in [-0.39, 0.29) is 0 Å². The van der Waals surface area contributed by atoms with E-state index in [1.807, 2.05) is 0 Å². The second-order valence-corrected chi connectivity index (χ2v) is 12.1. The maximum atomic E-state index is 2.57. The molecular formula is C37H31N4Si. The molecule has 0 aliphatic carbocycles. The van der Waals surface area contributed by atoms with Gasteiger partial charge in [-0.25, -0.2) is 0 Å². The van der Waals surface area contributed by atoms with Crippen molar-refractivity contribution in [1.82, 2.24) is 0 Å². The van der Waals surface area contributed by atoms with Gasteiger partial charge < -0.3 is 18.6 Å². The van der Waals surface area contributed by atoms with Crippen LogP contribution in [0.1, 0.15) is 0 Å². The number of fused-ring (bicyclic) bond motifs is 1. The fraction of sp³-hybridized carbons (Fsp3) is 0.0270. The molecule has 1 heterocycles. The molecule has 0 aromatic heterocycles. The second-order valence-electron chi connectivity index (χ2n) is 10.2. The average Bonchev–Trinajstić information content (AvgIpc) is 3.41. The Labute approximate surface area is 249 Å². The summed E-state index contributed by atoms with van der Waals surface area (Å²) in [7, 11) is 0.398. The quantitative estimate of drug-likeness (QED) is 0.181. The van der Waals surface area contributed by atoms with E-state index in [1.54, 1.807) is 0 Å². The van der Waals surface area contributed by atoms with Gasteiger partial charge in [0, 0.05) is 29.8 Å². The highest BCUT2D eigenvalue weighted by molar-refractivity contribution is 6.77. The topological polar surface area (TPSA) is 13.0 Å². The zero-order valence-electron chi connectivity index (χ0n) is 23.5. The molecule has 4 nitrogen and oxygen atoms in total. The fourth-order valence-corrected chi connectivity index (χ4v) is 8.64. The van der Waals surface area contributed by atoms with Gasteiger partial charge in [0.1, 0.15) is 0 Å². The van der Waals surface area contributed by atoms with E-state index in [2.05, 4.69) is 196 Å². The molecule has 6 aromatic carbocycles. The predicted octanol–water partition coefficient (Wildman–Crippen LogP) is 9.57. The smallest absolute Gasteiger partial charge is 0.343 e. The van der Waals surface area contributed by atoms with E-state index < -0.39 is 9.28 Å². The molecular weight excluding hydrogens is 529 g/mol. The van der Waals surface area contributed by atoms with Gasteiger partial charge in [0.15, 0.2) is 0 Å². The maximum absolute atomic E-state index is 2.57. The Bertz CT molecular complexity index is 1700. The van der Waals surface area contributed by atoms with Crippen LogP contribution >= 0.6 is 0 Å². The van der Waals surface area contributed by atoms with Crippen molar-refractivity contribution >= 4 is 54.8 Å². The Kier molecular flexibility index (Phi) is 6.92. The summed E-state index contributed by atoms with van der Waals surface area (Å²) in [6.45, 7) is 0. The van der Waals surface area contributed by atoms with Crippen LogP contribution in [0.15, 0.2) is 170 Å². The molecule has 0 N–H and O–H groups in total. The Morgan fingerprint density at radius 2 is 0.786 bits per heavy atom. The van der Waals surface area contributed by atoms with Gasteiger partial charge in [-0.3, -0.25) is 0 Å². The van der Waals surface area contributed by atoms with Crippen LogP contribution in [0.5, 0.6) is 0 Å². The molecule has 1 aliphatic heterocycles. The van der Waals surface area contributed by atoms with E-state index in [1.165, 1.54) is 22.7 Å². The first-order chi connectivity index (χ1) is 20.8. The minimum atomic E-state index is -1.76. The lowest BCUT2D eigenvalue weighted by Crippen LogP contribution is -2.56. The highest BCUT2D eigenvalue weighted by Crippen LogP contribution is 2.50. The predicted molar refractivity (Wildman–Crippen MR) is 179 cm³/mol. The lowest BCUT2D eigenvalue weighted by Gasteiger charge is -2.40. The minimum absolute atomic E-state index is 1.14. The summed E-state index contributed by atoms with van der Waals surface area (Å²) in [5.41, 5.74) is 9.34. The van der Waals surface area contributed by atoms with Crippen molar-refractivity contribution < 1.29 is 0 Å². The summed E-state index contributed by atoms with van der Waals surface area (Å²) in [5.74, 6) is 0. The summed E-state index contributed by atoms with van der Waals surface area (Å²) in [6, 6.07) is 60.6. The van der Waals surface area contributed by atoms with Crippen LogP contribution in [0.4, 0.5) is 45.5 Å². The SMILES string of the molecule is CN(c1ccccc1)c1ccccc1N(c1ccccc1)[Si]1N(c2ccccc2)c2ccccc2N1c1ccccc1. The van der Waals surface area contributed by atoms with Crippen molar-refractivity contribution in [1.29, 1.82) is 0 Å². The Morgan fingerprint density at radius 1 is 0.405 bits per heavy atom. The molecule has 0 amide bonds. The van der Waals surface area contributed by atoms with Gasteiger partial charge in [-0.05, 0) is 72.8 Å². The van der Waals surface area contributed by atoms with E-state index in [0.29, 0.717) is 0 Å². The first-order valence-corrected chi connectivity index (χ1v) is 15.5. The molecule has 7 rings (SSSR count). The van der Waals surface area contributed by atoms with Gasteiger partial charge in [0.05, 0.1) is 22.7 Å². The average molecular weight is 560 g/mol. The van der Waals surface area contributed by atoms with Gasteiger partial charge in [-0.15, -0.1) is 0 Å². The third-order valence-corrected chi connectivity index (χ3v) is 10.3. The molecule has 6 aromatic rings. The number of hydrogen-bond acceptors (Lipinski definition) is 4. The molecule has 203 valence electrons. The Balaban J connectivity index is 1.50. The first kappa shape index (κ1) is 25.7. The number of anilines is 8. The molecule has 0 saturated carbocycles. The fourth-order valence-electron chi connectivity index (χ4n) is 5.69. The monoisotopic (exact) mass is 559 g/mol. The van der Waals surface area contributed by atoms with Crippen LogP contribution in [0.3, 0.4) is 0 Å². The number of para-hydroxylation sites is 8. The lowest BCUT2D eigenvalue weighted by molar-refractivity contribution is 1.18. The lowest BCUT2D eigenvalue weighted by atomic mass is 10.2. The van der Waals surface area contributed by atoms with Crippen LogP contribution in [0, 0.1) is 0 Å². The molecule has 1 aliphatic rings. The highest BCUT2D eigenvalue weighted by atomic mass is 28.3. The van der Waals surface area contributed by atoms with Crippen molar-refractivity contribution in [2.24, 2.45) is 0 Å². The van der Waals surface area contributed by atoms with Crippen LogP contribution in [-0.2, 0) is 0 Å². The summed E-state index contributed by atoms with van der Waals surface area (Å²) in [6.07, 6.45) is 0. The zero-order chi connectivity index (χ0) is 28.3. The summed E-state index contributed by atoms with van der Waals surface area (Å²) in [5, 5.41) is 0. The van der Waals surface area contributed by atoms with Crippen molar-refractivity contribution in [2.75, 3.05) is 25.6 Å². The van der Waals surface area contributed by atoms with Crippen LogP contribution < -0.4 is 18.6 Å². The van der Waals surface area contributed by atoms with Crippen molar-refractivity contribution in [3.63, 3.8) is 0 Å². The van der Waals surface area contributed by atoms with Gasteiger partial charge in [-0.1, -0.05) is 97.1 Å². The molecule has 5 heteroatoms. The Hall–Kier alpha value is -5.26. The standard InChI is InChI=1S/C37H31N4Si/c1-38(30-18-6-2-7-19-30)34-26-14-15-27-35(34)39(31-20-8-3-9-21-31)42-40(32-22-10-4-11-23-32)36-28-16-17-29-37(36)41(42)33-24-12-5-13-25-33/h2-29H,1H3. The van der Waals surface area contributed by atoms with Crippen LogP contribution in [0.25, 0.3) is 0 Å². The number of benzene rings is 6. The van der Waals surface area contributed by atoms with E-state index in [0.717, 1.165) is 22.7 Å². The van der Waals surface area contributed by atoms with Gasteiger partial charge in [-0.2, -0.15) is 0 Å². The molecule has 0 atom stereocenters. The largest absolute Gasteiger partial charge is 0.450 e. The summed E-state index contributed by atoms with van der Waals surface area (Å²) < 4.78 is 7.68. The Morgan fingerprint density at radius 3 is 1.29 bits per heavy atom. The van der Waals surface area contributed by atoms with Crippen molar-refractivity contribution in [3.8, 4) is 0 Å². The minimum Gasteiger partial charge on any atom is -0.343 e. The normalized spacial score (nSPS) is 12.7.